The van der Waals surface area contributed by atoms with E-state index in [2.05, 4.69) is 0 Å². The molecule has 0 saturated heterocycles. The van der Waals surface area contributed by atoms with Crippen molar-refractivity contribution in [3.05, 3.63) is 0 Å². The number of carbonyl (C=O) groups is 1. The van der Waals surface area contributed by atoms with Crippen molar-refractivity contribution in [2.24, 2.45) is 11.8 Å². The Morgan fingerprint density at radius 2 is 1.91 bits per heavy atom. The first-order valence-corrected chi connectivity index (χ1v) is 4.28. The highest BCUT2D eigenvalue weighted by Gasteiger charge is 2.21. The molecule has 0 bridgehead atoms. The van der Waals surface area contributed by atoms with Crippen molar-refractivity contribution in [3.63, 3.8) is 0 Å². The molecule has 11 heavy (non-hydrogen) atoms. The Kier molecular flexibility index (Phi) is 5.12. The fourth-order valence-electron chi connectivity index (χ4n) is 1.49. The lowest BCUT2D eigenvalue weighted by Gasteiger charge is -2.19. The number of carbonyl (C=O) groups excluding carboxylic acids is 1. The van der Waals surface area contributed by atoms with Crippen molar-refractivity contribution in [2.75, 3.05) is 6.61 Å². The van der Waals surface area contributed by atoms with Crippen LogP contribution in [0.1, 0.15) is 33.6 Å². The van der Waals surface area contributed by atoms with Crippen LogP contribution in [0.15, 0.2) is 0 Å². The molecular weight excluding hydrogens is 140 g/mol. The van der Waals surface area contributed by atoms with Crippen LogP contribution < -0.4 is 0 Å². The largest absolute Gasteiger partial charge is 0.396 e. The maximum absolute atomic E-state index is 11.0. The van der Waals surface area contributed by atoms with Crippen molar-refractivity contribution in [1.82, 2.24) is 0 Å². The minimum Gasteiger partial charge on any atom is -0.396 e. The van der Waals surface area contributed by atoms with Crippen molar-refractivity contribution in [1.29, 1.82) is 0 Å². The third-order valence-corrected chi connectivity index (χ3v) is 2.29. The Morgan fingerprint density at radius 1 is 1.36 bits per heavy atom. The van der Waals surface area contributed by atoms with E-state index in [-0.39, 0.29) is 24.2 Å². The molecule has 0 aliphatic carbocycles. The van der Waals surface area contributed by atoms with Gasteiger partial charge >= 0.3 is 0 Å². The highest BCUT2D eigenvalue weighted by atomic mass is 16.3. The number of aliphatic hydroxyl groups is 1. The van der Waals surface area contributed by atoms with Gasteiger partial charge in [0.05, 0.1) is 0 Å². The molecule has 0 rings (SSSR count). The maximum atomic E-state index is 11.0. The SMILES string of the molecule is CC[C@H](CO)[C@@H](CC)C(C)=O. The van der Waals surface area contributed by atoms with Crippen LogP contribution in [0.4, 0.5) is 0 Å². The van der Waals surface area contributed by atoms with Crippen LogP contribution in [0.25, 0.3) is 0 Å². The van der Waals surface area contributed by atoms with E-state index in [1.54, 1.807) is 6.92 Å². The third kappa shape index (κ3) is 3.02. The van der Waals surface area contributed by atoms with Crippen LogP contribution in [0.2, 0.25) is 0 Å². The maximum Gasteiger partial charge on any atom is 0.133 e. The van der Waals surface area contributed by atoms with E-state index in [9.17, 15) is 4.79 Å². The molecule has 2 nitrogen and oxygen atoms in total. The Bertz CT molecular complexity index is 117. The van der Waals surface area contributed by atoms with Gasteiger partial charge in [0, 0.05) is 12.5 Å². The molecule has 0 unspecified atom stereocenters. The van der Waals surface area contributed by atoms with Gasteiger partial charge in [0.15, 0.2) is 0 Å². The summed E-state index contributed by atoms with van der Waals surface area (Å²) >= 11 is 0. The summed E-state index contributed by atoms with van der Waals surface area (Å²) in [4.78, 5) is 11.0. The zero-order chi connectivity index (χ0) is 8.85. The predicted molar refractivity (Wildman–Crippen MR) is 45.3 cm³/mol. The molecule has 0 aromatic rings. The van der Waals surface area contributed by atoms with Crippen LogP contribution in [0.5, 0.6) is 0 Å². The fraction of sp³-hybridized carbons (Fsp3) is 0.889. The summed E-state index contributed by atoms with van der Waals surface area (Å²) in [5, 5.41) is 8.92. The summed E-state index contributed by atoms with van der Waals surface area (Å²) in [6.45, 7) is 5.73. The van der Waals surface area contributed by atoms with Crippen LogP contribution in [0, 0.1) is 11.8 Å². The summed E-state index contributed by atoms with van der Waals surface area (Å²) in [6.07, 6.45) is 1.73. The number of hydrogen-bond donors (Lipinski definition) is 1. The van der Waals surface area contributed by atoms with Crippen LogP contribution in [-0.4, -0.2) is 17.5 Å². The minimum absolute atomic E-state index is 0.0602. The second-order valence-electron chi connectivity index (χ2n) is 2.98. The third-order valence-electron chi connectivity index (χ3n) is 2.29. The lowest BCUT2D eigenvalue weighted by Crippen LogP contribution is -2.23. The van der Waals surface area contributed by atoms with Gasteiger partial charge in [-0.1, -0.05) is 20.3 Å². The molecule has 0 amide bonds. The first-order chi connectivity index (χ1) is 5.17. The summed E-state index contributed by atoms with van der Waals surface area (Å²) in [6, 6.07) is 0. The van der Waals surface area contributed by atoms with Gasteiger partial charge in [0.25, 0.3) is 0 Å². The zero-order valence-electron chi connectivity index (χ0n) is 7.63. The second kappa shape index (κ2) is 5.30. The molecule has 0 aromatic carbocycles. The summed E-state index contributed by atoms with van der Waals surface area (Å²) in [7, 11) is 0. The predicted octanol–water partition coefficient (Wildman–Crippen LogP) is 1.62. The lowest BCUT2D eigenvalue weighted by atomic mass is 9.86. The Morgan fingerprint density at radius 3 is 2.00 bits per heavy atom. The van der Waals surface area contributed by atoms with E-state index in [0.717, 1.165) is 12.8 Å². The second-order valence-corrected chi connectivity index (χ2v) is 2.98. The molecule has 0 aromatic heterocycles. The van der Waals surface area contributed by atoms with Crippen molar-refractivity contribution >= 4 is 5.78 Å². The van der Waals surface area contributed by atoms with Crippen LogP contribution >= 0.6 is 0 Å². The van der Waals surface area contributed by atoms with Gasteiger partial charge in [0.2, 0.25) is 0 Å². The summed E-state index contributed by atoms with van der Waals surface area (Å²) in [5.74, 6) is 0.427. The zero-order valence-corrected chi connectivity index (χ0v) is 7.63. The molecule has 2 heteroatoms. The summed E-state index contributed by atoms with van der Waals surface area (Å²) < 4.78 is 0. The standard InChI is InChI=1S/C9H18O2/c1-4-8(6-10)9(5-2)7(3)11/h8-10H,4-6H2,1-3H3/t8-,9+/m1/s1. The van der Waals surface area contributed by atoms with E-state index < -0.39 is 0 Å². The van der Waals surface area contributed by atoms with Gasteiger partial charge in [-0.25, -0.2) is 0 Å². The number of ketones is 1. The van der Waals surface area contributed by atoms with Crippen molar-refractivity contribution < 1.29 is 9.90 Å². The molecule has 0 aliphatic heterocycles. The van der Waals surface area contributed by atoms with E-state index in [1.807, 2.05) is 13.8 Å². The monoisotopic (exact) mass is 158 g/mol. The van der Waals surface area contributed by atoms with E-state index in [0.29, 0.717) is 0 Å². The molecule has 0 heterocycles. The Balaban J connectivity index is 4.09. The first-order valence-electron chi connectivity index (χ1n) is 4.28. The van der Waals surface area contributed by atoms with Gasteiger partial charge in [0.1, 0.15) is 5.78 Å². The van der Waals surface area contributed by atoms with Gasteiger partial charge in [-0.15, -0.1) is 0 Å². The van der Waals surface area contributed by atoms with E-state index >= 15 is 0 Å². The first kappa shape index (κ1) is 10.6. The molecule has 0 spiro atoms. The molecule has 0 fully saturated rings. The molecule has 2 atom stereocenters. The van der Waals surface area contributed by atoms with Crippen molar-refractivity contribution in [2.45, 2.75) is 33.6 Å². The number of hydrogen-bond acceptors (Lipinski definition) is 2. The highest BCUT2D eigenvalue weighted by molar-refractivity contribution is 5.78. The molecule has 0 radical (unpaired) electrons. The molecule has 0 saturated carbocycles. The average Bonchev–Trinajstić information content (AvgIpc) is 1.99. The van der Waals surface area contributed by atoms with Crippen molar-refractivity contribution in [3.8, 4) is 0 Å². The van der Waals surface area contributed by atoms with Gasteiger partial charge in [-0.2, -0.15) is 0 Å². The number of rotatable bonds is 5. The highest BCUT2D eigenvalue weighted by Crippen LogP contribution is 2.19. The van der Waals surface area contributed by atoms with E-state index in [1.165, 1.54) is 0 Å². The minimum atomic E-state index is 0.0602. The van der Waals surface area contributed by atoms with Crippen LogP contribution in [-0.2, 0) is 4.79 Å². The summed E-state index contributed by atoms with van der Waals surface area (Å²) in [5.41, 5.74) is 0. The Hall–Kier alpha value is -0.370. The van der Waals surface area contributed by atoms with Crippen LogP contribution in [0.3, 0.4) is 0 Å². The Labute approximate surface area is 68.6 Å². The number of Topliss-reactive ketones (excluding diaryl/α,β-unsaturated/α-hetero) is 1. The smallest absolute Gasteiger partial charge is 0.133 e. The molecule has 66 valence electrons. The molecular formula is C9H18O2. The van der Waals surface area contributed by atoms with Gasteiger partial charge in [-0.05, 0) is 19.3 Å². The number of aliphatic hydroxyl groups excluding tert-OH is 1. The topological polar surface area (TPSA) is 37.3 Å². The van der Waals surface area contributed by atoms with Gasteiger partial charge in [-0.3, -0.25) is 4.79 Å². The van der Waals surface area contributed by atoms with E-state index in [4.69, 9.17) is 5.11 Å². The van der Waals surface area contributed by atoms with Gasteiger partial charge < -0.3 is 5.11 Å². The quantitative estimate of drug-likeness (QED) is 0.660. The molecule has 1 N–H and O–H groups in total. The average molecular weight is 158 g/mol. The lowest BCUT2D eigenvalue weighted by molar-refractivity contribution is -0.123. The molecule has 0 aliphatic rings. The fourth-order valence-corrected chi connectivity index (χ4v) is 1.49. The normalized spacial score (nSPS) is 16.0.